The second-order valence-corrected chi connectivity index (χ2v) is 7.91. The highest BCUT2D eigenvalue weighted by Crippen LogP contribution is 2.17. The molecule has 0 radical (unpaired) electrons. The molecule has 10 heteroatoms. The Morgan fingerprint density at radius 2 is 1.86 bits per heavy atom. The largest absolute Gasteiger partial charge is 0.355 e. The lowest BCUT2D eigenvalue weighted by molar-refractivity contribution is -0.120. The Bertz CT molecular complexity index is 957. The summed E-state index contributed by atoms with van der Waals surface area (Å²) in [6, 6.07) is 7.27. The Morgan fingerprint density at radius 1 is 0.966 bits per heavy atom. The number of pyridine rings is 1. The summed E-state index contributed by atoms with van der Waals surface area (Å²) < 4.78 is 0. The summed E-state index contributed by atoms with van der Waals surface area (Å²) in [7, 11) is 0. The molecule has 0 aliphatic carbocycles. The molecule has 0 saturated heterocycles. The lowest BCUT2D eigenvalue weighted by atomic mass is 10.3. The molecule has 3 heterocycles. The van der Waals surface area contributed by atoms with Crippen molar-refractivity contribution in [3.05, 3.63) is 58.0 Å². The predicted molar refractivity (Wildman–Crippen MR) is 113 cm³/mol. The van der Waals surface area contributed by atoms with Gasteiger partial charge in [0.15, 0.2) is 5.13 Å². The highest BCUT2D eigenvalue weighted by molar-refractivity contribution is 7.14. The molecule has 0 unspecified atom stereocenters. The van der Waals surface area contributed by atoms with Gasteiger partial charge in [0.25, 0.3) is 0 Å². The lowest BCUT2D eigenvalue weighted by Crippen LogP contribution is -2.29. The van der Waals surface area contributed by atoms with Gasteiger partial charge >= 0.3 is 0 Å². The minimum Gasteiger partial charge on any atom is -0.355 e. The third-order valence-corrected chi connectivity index (χ3v) is 5.36. The van der Waals surface area contributed by atoms with Gasteiger partial charge in [-0.3, -0.25) is 19.4 Å². The first-order chi connectivity index (χ1) is 14.1. The molecule has 3 N–H and O–H groups in total. The quantitative estimate of drug-likeness (QED) is 0.484. The van der Waals surface area contributed by atoms with Crippen LogP contribution in [0.5, 0.6) is 0 Å². The first-order valence-corrected chi connectivity index (χ1v) is 10.6. The first-order valence-electron chi connectivity index (χ1n) is 8.81. The number of carbonyl (C=O) groups is 3. The summed E-state index contributed by atoms with van der Waals surface area (Å²) in [5.74, 6) is -0.582. The van der Waals surface area contributed by atoms with E-state index in [0.717, 1.165) is 4.88 Å². The predicted octanol–water partition coefficient (Wildman–Crippen LogP) is 2.47. The van der Waals surface area contributed by atoms with Crippen molar-refractivity contribution in [2.24, 2.45) is 0 Å². The van der Waals surface area contributed by atoms with E-state index in [9.17, 15) is 14.4 Å². The molecular weight excluding hydrogens is 410 g/mol. The van der Waals surface area contributed by atoms with Crippen LogP contribution in [0.25, 0.3) is 0 Å². The average Bonchev–Trinajstić information content (AvgIpc) is 3.34. The number of nitrogens with one attached hydrogen (secondary N) is 3. The van der Waals surface area contributed by atoms with Gasteiger partial charge in [0, 0.05) is 29.4 Å². The summed E-state index contributed by atoms with van der Waals surface area (Å²) >= 11 is 2.80. The number of thiophene rings is 1. The molecule has 0 bridgehead atoms. The van der Waals surface area contributed by atoms with Crippen molar-refractivity contribution in [3.63, 3.8) is 0 Å². The molecule has 0 aliphatic rings. The number of carbonyl (C=O) groups excluding carboxylic acids is 3. The highest BCUT2D eigenvalue weighted by atomic mass is 32.1. The van der Waals surface area contributed by atoms with E-state index >= 15 is 0 Å². The normalized spacial score (nSPS) is 10.3. The van der Waals surface area contributed by atoms with Crippen molar-refractivity contribution in [1.29, 1.82) is 0 Å². The van der Waals surface area contributed by atoms with Crippen molar-refractivity contribution in [2.45, 2.75) is 19.3 Å². The fraction of sp³-hybridized carbons (Fsp3) is 0.211. The van der Waals surface area contributed by atoms with Crippen molar-refractivity contribution >= 4 is 51.2 Å². The summed E-state index contributed by atoms with van der Waals surface area (Å²) in [4.78, 5) is 45.0. The number of rotatable bonds is 9. The Morgan fingerprint density at radius 3 is 2.62 bits per heavy atom. The average molecular weight is 430 g/mol. The van der Waals surface area contributed by atoms with Crippen LogP contribution >= 0.6 is 22.7 Å². The number of hydrogen-bond donors (Lipinski definition) is 3. The van der Waals surface area contributed by atoms with Gasteiger partial charge in [0.05, 0.1) is 30.4 Å². The van der Waals surface area contributed by atoms with Gasteiger partial charge in [-0.2, -0.15) is 0 Å². The van der Waals surface area contributed by atoms with E-state index in [1.165, 1.54) is 22.7 Å². The Hall–Kier alpha value is -3.11. The maximum absolute atomic E-state index is 12.0. The number of thiazole rings is 1. The topological polar surface area (TPSA) is 113 Å². The fourth-order valence-corrected chi connectivity index (χ4v) is 3.81. The molecule has 3 rings (SSSR count). The summed E-state index contributed by atoms with van der Waals surface area (Å²) in [6.07, 6.45) is 3.71. The van der Waals surface area contributed by atoms with Crippen LogP contribution in [-0.2, 0) is 27.2 Å². The maximum Gasteiger partial charge on any atom is 0.231 e. The molecule has 29 heavy (non-hydrogen) atoms. The minimum atomic E-state index is -0.235. The number of hydrogen-bond acceptors (Lipinski definition) is 7. The molecular formula is C19H19N5O3S2. The van der Waals surface area contributed by atoms with Crippen LogP contribution in [0.15, 0.2) is 47.4 Å². The SMILES string of the molecule is O=C(Cc1csc(NC(=O)Cc2cccs2)n1)NCCC(=O)Nc1cccnc1. The summed E-state index contributed by atoms with van der Waals surface area (Å²) in [5, 5.41) is 12.2. The number of nitrogens with zero attached hydrogens (tertiary/aromatic N) is 2. The Labute approximate surface area is 175 Å². The van der Waals surface area contributed by atoms with Crippen LogP contribution in [0, 0.1) is 0 Å². The minimum absolute atomic E-state index is 0.0848. The monoisotopic (exact) mass is 429 g/mol. The molecule has 0 aliphatic heterocycles. The molecule has 0 spiro atoms. The summed E-state index contributed by atoms with van der Waals surface area (Å²) in [6.45, 7) is 0.222. The van der Waals surface area contributed by atoms with E-state index < -0.39 is 0 Å². The van der Waals surface area contributed by atoms with Crippen LogP contribution in [-0.4, -0.2) is 34.2 Å². The molecule has 8 nitrogen and oxygen atoms in total. The number of aromatic nitrogens is 2. The zero-order valence-electron chi connectivity index (χ0n) is 15.4. The third-order valence-electron chi connectivity index (χ3n) is 3.67. The van der Waals surface area contributed by atoms with E-state index in [0.29, 0.717) is 22.9 Å². The van der Waals surface area contributed by atoms with Gasteiger partial charge < -0.3 is 16.0 Å². The van der Waals surface area contributed by atoms with Crippen LogP contribution < -0.4 is 16.0 Å². The number of anilines is 2. The van der Waals surface area contributed by atoms with E-state index in [-0.39, 0.29) is 37.1 Å². The zero-order chi connectivity index (χ0) is 20.5. The highest BCUT2D eigenvalue weighted by Gasteiger charge is 2.11. The van der Waals surface area contributed by atoms with E-state index in [2.05, 4.69) is 25.9 Å². The molecule has 0 fully saturated rings. The molecule has 3 amide bonds. The fourth-order valence-electron chi connectivity index (χ4n) is 2.38. The van der Waals surface area contributed by atoms with E-state index in [1.807, 2.05) is 17.5 Å². The third kappa shape index (κ3) is 7.09. The molecule has 0 saturated carbocycles. The van der Waals surface area contributed by atoms with Gasteiger partial charge in [-0.05, 0) is 23.6 Å². The number of amides is 3. The van der Waals surface area contributed by atoms with E-state index in [1.54, 1.807) is 29.9 Å². The smallest absolute Gasteiger partial charge is 0.231 e. The first kappa shape index (κ1) is 20.6. The van der Waals surface area contributed by atoms with Crippen molar-refractivity contribution in [3.8, 4) is 0 Å². The standard InChI is InChI=1S/C19H19N5O3S2/c25-16(22-13-3-1-6-20-11-13)5-7-21-17(26)9-14-12-29-19(23-14)24-18(27)10-15-4-2-8-28-15/h1-4,6,8,11-12H,5,7,9-10H2,(H,21,26)(H,22,25)(H,23,24,27). The Balaban J connectivity index is 1.36. The molecule has 3 aromatic heterocycles. The zero-order valence-corrected chi connectivity index (χ0v) is 17.0. The second-order valence-electron chi connectivity index (χ2n) is 6.01. The van der Waals surface area contributed by atoms with Crippen LogP contribution in [0.3, 0.4) is 0 Å². The van der Waals surface area contributed by atoms with Crippen molar-refractivity contribution < 1.29 is 14.4 Å². The van der Waals surface area contributed by atoms with Crippen LogP contribution in [0.4, 0.5) is 10.8 Å². The summed E-state index contributed by atoms with van der Waals surface area (Å²) in [5.41, 5.74) is 1.18. The van der Waals surface area contributed by atoms with Gasteiger partial charge in [-0.1, -0.05) is 6.07 Å². The van der Waals surface area contributed by atoms with E-state index in [4.69, 9.17) is 0 Å². The van der Waals surface area contributed by atoms with Gasteiger partial charge in [0.1, 0.15) is 0 Å². The molecule has 0 atom stereocenters. The van der Waals surface area contributed by atoms with Crippen LogP contribution in [0.1, 0.15) is 17.0 Å². The van der Waals surface area contributed by atoms with Gasteiger partial charge in [-0.25, -0.2) is 4.98 Å². The second kappa shape index (κ2) is 10.4. The Kier molecular flexibility index (Phi) is 7.42. The van der Waals surface area contributed by atoms with Gasteiger partial charge in [-0.15, -0.1) is 22.7 Å². The maximum atomic E-state index is 12.0. The molecule has 150 valence electrons. The molecule has 3 aromatic rings. The van der Waals surface area contributed by atoms with Crippen molar-refractivity contribution in [1.82, 2.24) is 15.3 Å². The van der Waals surface area contributed by atoms with Gasteiger partial charge in [0.2, 0.25) is 17.7 Å². The van der Waals surface area contributed by atoms with Crippen LogP contribution in [0.2, 0.25) is 0 Å². The van der Waals surface area contributed by atoms with Crippen molar-refractivity contribution in [2.75, 3.05) is 17.2 Å². The molecule has 0 aromatic carbocycles. The lowest BCUT2D eigenvalue weighted by Gasteiger charge is -2.06.